The first-order chi connectivity index (χ1) is 32.8. The van der Waals surface area contributed by atoms with E-state index >= 15 is 0 Å². The molecule has 7 heteroatoms. The fourth-order valence-electron chi connectivity index (χ4n) is 10.8. The minimum Gasteiger partial charge on any atom is -0.468 e. The van der Waals surface area contributed by atoms with Crippen LogP contribution >= 0.6 is 0 Å². The molecule has 6 heterocycles. The molecule has 7 aromatic carbocycles. The van der Waals surface area contributed by atoms with Gasteiger partial charge in [0, 0.05) is 55.4 Å². The molecule has 332 valence electrons. The summed E-state index contributed by atoms with van der Waals surface area (Å²) >= 11 is 0. The number of furan rings is 4. The van der Waals surface area contributed by atoms with Crippen molar-refractivity contribution in [2.24, 2.45) is 0 Å². The zero-order valence-corrected chi connectivity index (χ0v) is 39.7. The van der Waals surface area contributed by atoms with Crippen LogP contribution in [0, 0.1) is 0 Å². The van der Waals surface area contributed by atoms with Crippen molar-refractivity contribution in [3.05, 3.63) is 175 Å². The lowest BCUT2D eigenvalue weighted by molar-refractivity contribution is 0.590. The van der Waals surface area contributed by atoms with Crippen LogP contribution in [0.2, 0.25) is 0 Å². The van der Waals surface area contributed by atoms with Crippen LogP contribution in [-0.4, -0.2) is 6.71 Å². The number of benzene rings is 7. The van der Waals surface area contributed by atoms with Crippen molar-refractivity contribution < 1.29 is 17.7 Å². The summed E-state index contributed by atoms with van der Waals surface area (Å²) < 4.78 is 26.9. The third-order valence-corrected chi connectivity index (χ3v) is 14.5. The molecule has 0 saturated carbocycles. The Hall–Kier alpha value is -7.64. The van der Waals surface area contributed by atoms with Crippen molar-refractivity contribution in [2.45, 2.75) is 72.1 Å². The molecule has 2 aliphatic rings. The van der Waals surface area contributed by atoms with Crippen molar-refractivity contribution in [3.8, 4) is 22.3 Å². The van der Waals surface area contributed by atoms with E-state index in [4.69, 9.17) is 17.7 Å². The van der Waals surface area contributed by atoms with Gasteiger partial charge >= 0.3 is 6.71 Å². The van der Waals surface area contributed by atoms with Crippen LogP contribution in [0.5, 0.6) is 0 Å². The Labute approximate surface area is 396 Å². The van der Waals surface area contributed by atoms with Gasteiger partial charge in [0.2, 0.25) is 0 Å². The molecule has 0 N–H and O–H groups in total. The van der Waals surface area contributed by atoms with Gasteiger partial charge in [-0.2, -0.15) is 0 Å². The van der Waals surface area contributed by atoms with E-state index in [0.717, 1.165) is 117 Å². The fourth-order valence-corrected chi connectivity index (χ4v) is 10.8. The van der Waals surface area contributed by atoms with Crippen LogP contribution in [0.1, 0.15) is 78.0 Å². The Morgan fingerprint density at radius 3 is 1.35 bits per heavy atom. The van der Waals surface area contributed by atoms with E-state index in [1.54, 1.807) is 0 Å². The Bertz CT molecular complexity index is 3600. The summed E-state index contributed by atoms with van der Waals surface area (Å²) in [5.41, 5.74) is 20.5. The Balaban J connectivity index is 1.14. The van der Waals surface area contributed by atoms with E-state index in [1.165, 1.54) is 16.7 Å². The highest BCUT2D eigenvalue weighted by Gasteiger charge is 2.50. The van der Waals surface area contributed by atoms with E-state index in [-0.39, 0.29) is 23.5 Å². The van der Waals surface area contributed by atoms with E-state index in [1.807, 2.05) is 36.8 Å². The van der Waals surface area contributed by atoms with Gasteiger partial charge in [-0.05, 0) is 123 Å². The van der Waals surface area contributed by atoms with Gasteiger partial charge in [0.1, 0.15) is 33.7 Å². The van der Waals surface area contributed by atoms with Gasteiger partial charge in [-0.25, -0.2) is 0 Å². The van der Waals surface area contributed by atoms with Crippen LogP contribution in [0.25, 0.3) is 66.1 Å². The second-order valence-corrected chi connectivity index (χ2v) is 21.2. The number of hydrogen-bond donors (Lipinski definition) is 0. The molecule has 68 heavy (non-hydrogen) atoms. The summed E-state index contributed by atoms with van der Waals surface area (Å²) in [5, 5.41) is 4.31. The Kier molecular flexibility index (Phi) is 8.62. The van der Waals surface area contributed by atoms with Crippen molar-refractivity contribution in [2.75, 3.05) is 9.80 Å². The lowest BCUT2D eigenvalue weighted by Crippen LogP contribution is -2.60. The highest BCUT2D eigenvalue weighted by Crippen LogP contribution is 2.51. The standard InChI is InChI=1S/C61H51BN2O4/c1-35(2)38-29-49-55-50(30-38)64(42-18-14-16-37(28-42)48-34-66-52-22-12-10-20-44(48)52)57-46-32-40(61(6,7)8)24-26-54(46)68-59(57)62(55)58-56(45-31-39(60(3,4)5)23-25-53(45)67-58)63(49)41-17-13-15-36(27-41)47-33-65-51-21-11-9-19-43(47)51/h9-35H,1-8H3. The highest BCUT2D eigenvalue weighted by atomic mass is 16.4. The van der Waals surface area contributed by atoms with Crippen molar-refractivity contribution in [1.82, 2.24) is 0 Å². The first-order valence-corrected chi connectivity index (χ1v) is 23.9. The maximum absolute atomic E-state index is 7.33. The normalized spacial score (nSPS) is 13.6. The van der Waals surface area contributed by atoms with E-state index in [0.29, 0.717) is 0 Å². The van der Waals surface area contributed by atoms with E-state index in [2.05, 4.69) is 187 Å². The maximum atomic E-state index is 7.33. The number of anilines is 6. The second-order valence-electron chi connectivity index (χ2n) is 21.2. The van der Waals surface area contributed by atoms with E-state index < -0.39 is 0 Å². The summed E-state index contributed by atoms with van der Waals surface area (Å²) in [6, 6.07) is 52.6. The van der Waals surface area contributed by atoms with Crippen LogP contribution in [-0.2, 0) is 10.8 Å². The van der Waals surface area contributed by atoms with Gasteiger partial charge < -0.3 is 27.5 Å². The fraction of sp³-hybridized carbons (Fsp3) is 0.180. The SMILES string of the molecule is CC(C)c1cc2c3c(c1)N(c1cccc(-c4coc5ccccc45)c1)c1c(oc4ccc(C(C)(C)C)cc14)B3c1oc3ccc(C(C)(C)C)cc3c1N2c1cccc(-c2coc3ccccc23)c1. The molecule has 0 bridgehead atoms. The van der Waals surface area contributed by atoms with Crippen LogP contribution in [0.15, 0.2) is 176 Å². The van der Waals surface area contributed by atoms with Gasteiger partial charge in [0.25, 0.3) is 0 Å². The van der Waals surface area contributed by atoms with E-state index in [9.17, 15) is 0 Å². The molecule has 0 fully saturated rings. The Morgan fingerprint density at radius 2 is 0.912 bits per heavy atom. The molecule has 11 aromatic rings. The minimum absolute atomic E-state index is 0.0880. The molecular weight excluding hydrogens is 835 g/mol. The first kappa shape index (κ1) is 40.6. The quantitative estimate of drug-likeness (QED) is 0.161. The molecule has 2 aliphatic heterocycles. The van der Waals surface area contributed by atoms with Gasteiger partial charge in [-0.3, -0.25) is 0 Å². The third kappa shape index (κ3) is 6.04. The first-order valence-electron chi connectivity index (χ1n) is 23.9. The Morgan fingerprint density at radius 1 is 0.456 bits per heavy atom. The van der Waals surface area contributed by atoms with Gasteiger partial charge in [-0.1, -0.05) is 128 Å². The summed E-state index contributed by atoms with van der Waals surface area (Å²) in [5.74, 6) is 0.218. The van der Waals surface area contributed by atoms with Gasteiger partial charge in [0.15, 0.2) is 0 Å². The number of nitrogens with zero attached hydrogens (tertiary/aromatic N) is 2. The van der Waals surface area contributed by atoms with Crippen molar-refractivity contribution in [3.63, 3.8) is 0 Å². The molecule has 0 unspecified atom stereocenters. The monoisotopic (exact) mass is 886 g/mol. The van der Waals surface area contributed by atoms with Gasteiger partial charge in [0.05, 0.1) is 23.9 Å². The molecule has 0 amide bonds. The van der Waals surface area contributed by atoms with Crippen molar-refractivity contribution >= 4 is 101 Å². The zero-order valence-electron chi connectivity index (χ0n) is 39.7. The molecule has 13 rings (SSSR count). The topological polar surface area (TPSA) is 59.0 Å². The summed E-state index contributed by atoms with van der Waals surface area (Å²) in [7, 11) is 0. The smallest absolute Gasteiger partial charge is 0.342 e. The molecule has 0 radical (unpaired) electrons. The molecular formula is C61H51BN2O4. The molecule has 0 spiro atoms. The number of hydrogen-bond acceptors (Lipinski definition) is 6. The van der Waals surface area contributed by atoms with Crippen LogP contribution in [0.4, 0.5) is 34.1 Å². The van der Waals surface area contributed by atoms with Crippen molar-refractivity contribution in [1.29, 1.82) is 0 Å². The van der Waals surface area contributed by atoms with Crippen LogP contribution in [0.3, 0.4) is 0 Å². The lowest BCUT2D eigenvalue weighted by Gasteiger charge is -2.41. The van der Waals surface area contributed by atoms with Crippen LogP contribution < -0.4 is 26.6 Å². The summed E-state index contributed by atoms with van der Waals surface area (Å²) in [6.07, 6.45) is 3.77. The maximum Gasteiger partial charge on any atom is 0.342 e. The average molecular weight is 887 g/mol. The zero-order chi connectivity index (χ0) is 46.4. The lowest BCUT2D eigenvalue weighted by atomic mass is 9.37. The molecule has 4 aromatic heterocycles. The molecule has 6 nitrogen and oxygen atoms in total. The number of rotatable bonds is 5. The summed E-state index contributed by atoms with van der Waals surface area (Å²) in [6.45, 7) is 17.9. The summed E-state index contributed by atoms with van der Waals surface area (Å²) in [4.78, 5) is 4.94. The average Bonchev–Trinajstić information content (AvgIpc) is 4.14. The molecule has 0 saturated heterocycles. The van der Waals surface area contributed by atoms with Gasteiger partial charge in [-0.15, -0.1) is 0 Å². The predicted octanol–water partition coefficient (Wildman–Crippen LogP) is 15.8. The predicted molar refractivity (Wildman–Crippen MR) is 282 cm³/mol. The molecule has 0 atom stereocenters. The highest BCUT2D eigenvalue weighted by molar-refractivity contribution is 6.99. The second kappa shape index (κ2) is 14.4. The minimum atomic E-state index is -0.350. The third-order valence-electron chi connectivity index (χ3n) is 14.5. The molecule has 0 aliphatic carbocycles. The number of fused-ring (bicyclic) bond motifs is 10. The number of para-hydroxylation sites is 2. The largest absolute Gasteiger partial charge is 0.468 e.